The van der Waals surface area contributed by atoms with Gasteiger partial charge in [-0.15, -0.1) is 0 Å². The van der Waals surface area contributed by atoms with Crippen LogP contribution in [0.1, 0.15) is 30.3 Å². The van der Waals surface area contributed by atoms with Gasteiger partial charge in [0.15, 0.2) is 0 Å². The zero-order chi connectivity index (χ0) is 13.1. The van der Waals surface area contributed by atoms with Crippen LogP contribution >= 0.6 is 11.3 Å². The van der Waals surface area contributed by atoms with Crippen molar-refractivity contribution in [1.29, 1.82) is 0 Å². The highest BCUT2D eigenvalue weighted by atomic mass is 32.1. The van der Waals surface area contributed by atoms with Gasteiger partial charge in [0.05, 0.1) is 0 Å². The molecule has 2 aromatic rings. The summed E-state index contributed by atoms with van der Waals surface area (Å²) in [6, 6.07) is 2.51. The van der Waals surface area contributed by atoms with Gasteiger partial charge in [-0.05, 0) is 35.2 Å². The lowest BCUT2D eigenvalue weighted by Gasteiger charge is -2.32. The van der Waals surface area contributed by atoms with Gasteiger partial charge in [-0.1, -0.05) is 0 Å². The summed E-state index contributed by atoms with van der Waals surface area (Å²) in [5.74, 6) is 1.02. The van der Waals surface area contributed by atoms with Crippen LogP contribution in [0.15, 0.2) is 29.2 Å². The summed E-state index contributed by atoms with van der Waals surface area (Å²) in [5.41, 5.74) is 1.34. The summed E-state index contributed by atoms with van der Waals surface area (Å²) >= 11 is 1.74. The molecule has 1 fully saturated rings. The zero-order valence-corrected chi connectivity index (χ0v) is 11.9. The molecule has 3 rings (SSSR count). The van der Waals surface area contributed by atoms with Crippen LogP contribution in [0.2, 0.25) is 0 Å². The van der Waals surface area contributed by atoms with E-state index >= 15 is 0 Å². The van der Waals surface area contributed by atoms with E-state index in [4.69, 9.17) is 4.74 Å². The predicted octanol–water partition coefficient (Wildman–Crippen LogP) is 2.49. The van der Waals surface area contributed by atoms with Crippen LogP contribution in [-0.4, -0.2) is 22.2 Å². The summed E-state index contributed by atoms with van der Waals surface area (Å²) in [6.45, 7) is 1.73. The molecule has 0 unspecified atom stereocenters. The molecular weight excluding hydrogens is 258 g/mol. The molecule has 0 radical (unpaired) electrons. The first-order chi connectivity index (χ1) is 9.34. The Hall–Kier alpha value is -1.17. The van der Waals surface area contributed by atoms with Crippen LogP contribution < -0.4 is 5.32 Å². The Morgan fingerprint density at radius 3 is 3.26 bits per heavy atom. The van der Waals surface area contributed by atoms with Gasteiger partial charge in [0.25, 0.3) is 0 Å². The summed E-state index contributed by atoms with van der Waals surface area (Å²) in [4.78, 5) is 4.43. The van der Waals surface area contributed by atoms with Crippen LogP contribution in [0.3, 0.4) is 0 Å². The molecule has 0 amide bonds. The van der Waals surface area contributed by atoms with Crippen molar-refractivity contribution in [3.05, 3.63) is 40.6 Å². The highest BCUT2D eigenvalue weighted by Crippen LogP contribution is 2.27. The zero-order valence-electron chi connectivity index (χ0n) is 11.1. The largest absolute Gasteiger partial charge is 0.369 e. The normalized spacial score (nSPS) is 23.6. The molecule has 102 valence electrons. The van der Waals surface area contributed by atoms with Crippen molar-refractivity contribution in [2.45, 2.75) is 31.5 Å². The van der Waals surface area contributed by atoms with Crippen LogP contribution in [0, 0.1) is 0 Å². The Morgan fingerprint density at radius 1 is 1.58 bits per heavy atom. The molecule has 5 heteroatoms. The molecule has 1 aliphatic rings. The maximum absolute atomic E-state index is 5.94. The van der Waals surface area contributed by atoms with Crippen molar-refractivity contribution < 1.29 is 4.74 Å². The van der Waals surface area contributed by atoms with Gasteiger partial charge in [0.2, 0.25) is 0 Å². The van der Waals surface area contributed by atoms with Gasteiger partial charge in [-0.3, -0.25) is 0 Å². The first kappa shape index (κ1) is 12.8. The van der Waals surface area contributed by atoms with E-state index in [2.05, 4.69) is 31.7 Å². The highest BCUT2D eigenvalue weighted by molar-refractivity contribution is 7.07. The van der Waals surface area contributed by atoms with Crippen molar-refractivity contribution in [2.75, 3.05) is 6.61 Å². The van der Waals surface area contributed by atoms with E-state index in [9.17, 15) is 0 Å². The fourth-order valence-electron chi connectivity index (χ4n) is 2.54. The average Bonchev–Trinajstić information content (AvgIpc) is 3.08. The van der Waals surface area contributed by atoms with Crippen LogP contribution in [0.4, 0.5) is 0 Å². The van der Waals surface area contributed by atoms with E-state index in [1.807, 2.05) is 19.4 Å². The van der Waals surface area contributed by atoms with Gasteiger partial charge in [0.1, 0.15) is 11.9 Å². The first-order valence-electron chi connectivity index (χ1n) is 6.68. The number of nitrogens with zero attached hydrogens (tertiary/aromatic N) is 2. The van der Waals surface area contributed by atoms with E-state index in [0.717, 1.165) is 31.8 Å². The third-order valence-corrected chi connectivity index (χ3v) is 4.32. The second kappa shape index (κ2) is 5.86. The Bertz CT molecular complexity index is 509. The molecule has 1 saturated heterocycles. The van der Waals surface area contributed by atoms with E-state index in [-0.39, 0.29) is 6.10 Å². The minimum absolute atomic E-state index is 0.0624. The number of ether oxygens (including phenoxy) is 1. The molecule has 19 heavy (non-hydrogen) atoms. The van der Waals surface area contributed by atoms with Crippen molar-refractivity contribution >= 4 is 11.3 Å². The number of thiophene rings is 1. The lowest BCUT2D eigenvalue weighted by molar-refractivity contribution is -0.0178. The number of rotatable bonds is 4. The predicted molar refractivity (Wildman–Crippen MR) is 76.1 cm³/mol. The smallest absolute Gasteiger partial charge is 0.139 e. The van der Waals surface area contributed by atoms with Crippen molar-refractivity contribution in [2.24, 2.45) is 7.05 Å². The monoisotopic (exact) mass is 277 g/mol. The van der Waals surface area contributed by atoms with E-state index in [0.29, 0.717) is 6.04 Å². The van der Waals surface area contributed by atoms with Crippen LogP contribution in [0.25, 0.3) is 0 Å². The summed E-state index contributed by atoms with van der Waals surface area (Å²) in [7, 11) is 2.02. The molecule has 3 heterocycles. The maximum Gasteiger partial charge on any atom is 0.139 e. The number of hydrogen-bond acceptors (Lipinski definition) is 4. The number of aryl methyl sites for hydroxylation is 1. The molecular formula is C14H19N3OS. The average molecular weight is 277 g/mol. The lowest BCUT2D eigenvalue weighted by Crippen LogP contribution is -2.40. The Kier molecular flexibility index (Phi) is 3.96. The molecule has 0 saturated carbocycles. The third kappa shape index (κ3) is 2.88. The van der Waals surface area contributed by atoms with Crippen molar-refractivity contribution in [3.63, 3.8) is 0 Å². The molecule has 2 atom stereocenters. The summed E-state index contributed by atoms with van der Waals surface area (Å²) in [5, 5.41) is 7.92. The summed E-state index contributed by atoms with van der Waals surface area (Å²) in [6.07, 6.45) is 6.13. The number of imidazole rings is 1. The van der Waals surface area contributed by atoms with Gasteiger partial charge in [-0.2, -0.15) is 11.3 Å². The van der Waals surface area contributed by atoms with Gasteiger partial charge >= 0.3 is 0 Å². The molecule has 0 bridgehead atoms. The van der Waals surface area contributed by atoms with Gasteiger partial charge in [0, 0.05) is 38.6 Å². The van der Waals surface area contributed by atoms with Gasteiger partial charge in [-0.25, -0.2) is 4.98 Å². The van der Waals surface area contributed by atoms with E-state index in [1.165, 1.54) is 5.56 Å². The molecule has 0 spiro atoms. The fraction of sp³-hybridized carbons (Fsp3) is 0.500. The first-order valence-corrected chi connectivity index (χ1v) is 7.62. The quantitative estimate of drug-likeness (QED) is 0.933. The Balaban J connectivity index is 1.69. The SMILES string of the molecule is Cn1ccnc1[C@H]1OCCC[C@@H]1NCc1ccsc1. The Labute approximate surface area is 117 Å². The molecule has 0 aliphatic carbocycles. The van der Waals surface area contributed by atoms with E-state index in [1.54, 1.807) is 11.3 Å². The minimum atomic E-state index is 0.0624. The van der Waals surface area contributed by atoms with Crippen molar-refractivity contribution in [1.82, 2.24) is 14.9 Å². The fourth-order valence-corrected chi connectivity index (χ4v) is 3.21. The van der Waals surface area contributed by atoms with Crippen LogP contribution in [-0.2, 0) is 18.3 Å². The topological polar surface area (TPSA) is 39.1 Å². The van der Waals surface area contributed by atoms with Crippen LogP contribution in [0.5, 0.6) is 0 Å². The second-order valence-corrected chi connectivity index (χ2v) is 5.73. The molecule has 4 nitrogen and oxygen atoms in total. The summed E-state index contributed by atoms with van der Waals surface area (Å²) < 4.78 is 7.99. The molecule has 2 aromatic heterocycles. The maximum atomic E-state index is 5.94. The third-order valence-electron chi connectivity index (χ3n) is 3.58. The second-order valence-electron chi connectivity index (χ2n) is 4.95. The molecule has 0 aromatic carbocycles. The lowest BCUT2D eigenvalue weighted by atomic mass is 10.0. The molecule has 1 N–H and O–H groups in total. The minimum Gasteiger partial charge on any atom is -0.369 e. The molecule has 1 aliphatic heterocycles. The number of nitrogens with one attached hydrogen (secondary N) is 1. The highest BCUT2D eigenvalue weighted by Gasteiger charge is 2.29. The number of hydrogen-bond donors (Lipinski definition) is 1. The van der Waals surface area contributed by atoms with E-state index < -0.39 is 0 Å². The Morgan fingerprint density at radius 2 is 2.53 bits per heavy atom. The number of aromatic nitrogens is 2. The standard InChI is InChI=1S/C14H19N3OS/c1-17-6-5-15-14(17)13-12(3-2-7-18-13)16-9-11-4-8-19-10-11/h4-6,8,10,12-13,16H,2-3,7,9H2,1H3/t12-,13-/m0/s1. The van der Waals surface area contributed by atoms with Crippen molar-refractivity contribution in [3.8, 4) is 0 Å². The van der Waals surface area contributed by atoms with Gasteiger partial charge < -0.3 is 14.6 Å².